The van der Waals surface area contributed by atoms with Crippen molar-refractivity contribution >= 4 is 0 Å². The van der Waals surface area contributed by atoms with E-state index in [1.165, 1.54) is 18.4 Å². The van der Waals surface area contributed by atoms with Crippen molar-refractivity contribution < 1.29 is 0 Å². The van der Waals surface area contributed by atoms with Crippen LogP contribution in [0.4, 0.5) is 0 Å². The lowest BCUT2D eigenvalue weighted by Crippen LogP contribution is -2.19. The molecule has 0 radical (unpaired) electrons. The van der Waals surface area contributed by atoms with Crippen molar-refractivity contribution in [2.45, 2.75) is 46.5 Å². The number of hydrogen-bond donors (Lipinski definition) is 0. The molecular formula is C12H20N2. The number of hydrogen-bond acceptors (Lipinski definition) is 2. The SMILES string of the molecule is CCCC(C)(C)C(C)c1cncnc1. The summed E-state index contributed by atoms with van der Waals surface area (Å²) in [5, 5.41) is 0. The summed E-state index contributed by atoms with van der Waals surface area (Å²) in [5.74, 6) is 0.517. The zero-order valence-corrected chi connectivity index (χ0v) is 9.62. The molecule has 1 atom stereocenters. The van der Waals surface area contributed by atoms with Gasteiger partial charge in [0, 0.05) is 12.4 Å². The fourth-order valence-corrected chi connectivity index (χ4v) is 1.85. The lowest BCUT2D eigenvalue weighted by Gasteiger charge is -2.31. The Hall–Kier alpha value is -0.920. The molecule has 0 saturated heterocycles. The van der Waals surface area contributed by atoms with E-state index in [4.69, 9.17) is 0 Å². The third kappa shape index (κ3) is 2.53. The van der Waals surface area contributed by atoms with Gasteiger partial charge in [-0.05, 0) is 23.3 Å². The van der Waals surface area contributed by atoms with Gasteiger partial charge < -0.3 is 0 Å². The highest BCUT2D eigenvalue weighted by molar-refractivity contribution is 5.12. The molecule has 0 amide bonds. The highest BCUT2D eigenvalue weighted by atomic mass is 14.8. The highest BCUT2D eigenvalue weighted by Gasteiger charge is 2.26. The Kier molecular flexibility index (Phi) is 3.62. The van der Waals surface area contributed by atoms with Crippen LogP contribution in [0.15, 0.2) is 18.7 Å². The molecule has 0 aliphatic rings. The summed E-state index contributed by atoms with van der Waals surface area (Å²) in [5.41, 5.74) is 1.57. The summed E-state index contributed by atoms with van der Waals surface area (Å²) >= 11 is 0. The van der Waals surface area contributed by atoms with Gasteiger partial charge in [-0.3, -0.25) is 0 Å². The van der Waals surface area contributed by atoms with Gasteiger partial charge in [0.2, 0.25) is 0 Å². The lowest BCUT2D eigenvalue weighted by molar-refractivity contribution is 0.272. The van der Waals surface area contributed by atoms with Crippen molar-refractivity contribution in [1.82, 2.24) is 9.97 Å². The molecule has 0 fully saturated rings. The van der Waals surface area contributed by atoms with E-state index in [9.17, 15) is 0 Å². The van der Waals surface area contributed by atoms with Crippen LogP contribution in [-0.2, 0) is 0 Å². The molecule has 2 nitrogen and oxygen atoms in total. The van der Waals surface area contributed by atoms with E-state index < -0.39 is 0 Å². The number of aromatic nitrogens is 2. The van der Waals surface area contributed by atoms with Crippen LogP contribution in [-0.4, -0.2) is 9.97 Å². The fourth-order valence-electron chi connectivity index (χ4n) is 1.85. The Labute approximate surface area is 86.8 Å². The molecule has 0 spiro atoms. The molecule has 0 aliphatic carbocycles. The maximum absolute atomic E-state index is 4.07. The summed E-state index contributed by atoms with van der Waals surface area (Å²) < 4.78 is 0. The van der Waals surface area contributed by atoms with Gasteiger partial charge in [-0.1, -0.05) is 34.1 Å². The molecule has 0 saturated carbocycles. The van der Waals surface area contributed by atoms with Crippen molar-refractivity contribution in [3.63, 3.8) is 0 Å². The summed E-state index contributed by atoms with van der Waals surface area (Å²) in [7, 11) is 0. The normalized spacial score (nSPS) is 14.0. The van der Waals surface area contributed by atoms with Gasteiger partial charge in [0.1, 0.15) is 6.33 Å². The Balaban J connectivity index is 2.79. The second kappa shape index (κ2) is 4.54. The smallest absolute Gasteiger partial charge is 0.115 e. The van der Waals surface area contributed by atoms with E-state index in [2.05, 4.69) is 37.7 Å². The van der Waals surface area contributed by atoms with E-state index >= 15 is 0 Å². The minimum absolute atomic E-state index is 0.333. The van der Waals surface area contributed by atoms with Crippen LogP contribution in [0.25, 0.3) is 0 Å². The zero-order chi connectivity index (χ0) is 10.6. The molecule has 0 aliphatic heterocycles. The molecule has 2 heteroatoms. The summed E-state index contributed by atoms with van der Waals surface area (Å²) in [6.45, 7) is 9.12. The molecule has 78 valence electrons. The molecule has 1 aromatic heterocycles. The van der Waals surface area contributed by atoms with Gasteiger partial charge in [-0.15, -0.1) is 0 Å². The van der Waals surface area contributed by atoms with Crippen LogP contribution in [0.2, 0.25) is 0 Å². The first kappa shape index (κ1) is 11.2. The van der Waals surface area contributed by atoms with Crippen LogP contribution < -0.4 is 0 Å². The van der Waals surface area contributed by atoms with Gasteiger partial charge in [0.15, 0.2) is 0 Å². The van der Waals surface area contributed by atoms with Gasteiger partial charge in [-0.2, -0.15) is 0 Å². The van der Waals surface area contributed by atoms with Crippen molar-refractivity contribution in [3.8, 4) is 0 Å². The monoisotopic (exact) mass is 192 g/mol. The summed E-state index contributed by atoms with van der Waals surface area (Å²) in [6, 6.07) is 0. The Bertz CT molecular complexity index is 267. The quantitative estimate of drug-likeness (QED) is 0.730. The van der Waals surface area contributed by atoms with Crippen LogP contribution in [0, 0.1) is 5.41 Å². The van der Waals surface area contributed by atoms with Crippen molar-refractivity contribution in [2.75, 3.05) is 0 Å². The fraction of sp³-hybridized carbons (Fsp3) is 0.667. The topological polar surface area (TPSA) is 25.8 Å². The van der Waals surface area contributed by atoms with Crippen molar-refractivity contribution in [2.24, 2.45) is 5.41 Å². The first-order valence-electron chi connectivity index (χ1n) is 5.33. The van der Waals surface area contributed by atoms with Crippen molar-refractivity contribution in [3.05, 3.63) is 24.3 Å². The van der Waals surface area contributed by atoms with E-state index in [0.717, 1.165) is 0 Å². The molecule has 0 aromatic carbocycles. The summed E-state index contributed by atoms with van der Waals surface area (Å²) in [6.07, 6.45) is 7.90. The number of rotatable bonds is 4. The minimum Gasteiger partial charge on any atom is -0.245 e. The Morgan fingerprint density at radius 1 is 1.29 bits per heavy atom. The molecule has 0 N–H and O–H groups in total. The molecule has 1 aromatic rings. The minimum atomic E-state index is 0.333. The third-order valence-corrected chi connectivity index (χ3v) is 3.15. The first-order chi connectivity index (χ1) is 6.58. The van der Waals surface area contributed by atoms with Gasteiger partial charge >= 0.3 is 0 Å². The molecular weight excluding hydrogens is 172 g/mol. The van der Waals surface area contributed by atoms with E-state index in [1.54, 1.807) is 6.33 Å². The van der Waals surface area contributed by atoms with Crippen LogP contribution >= 0.6 is 0 Å². The second-order valence-electron chi connectivity index (χ2n) is 4.63. The molecule has 14 heavy (non-hydrogen) atoms. The molecule has 1 heterocycles. The largest absolute Gasteiger partial charge is 0.245 e. The average Bonchev–Trinajstić information content (AvgIpc) is 2.18. The van der Waals surface area contributed by atoms with Crippen molar-refractivity contribution in [1.29, 1.82) is 0 Å². The maximum Gasteiger partial charge on any atom is 0.115 e. The van der Waals surface area contributed by atoms with Crippen LogP contribution in [0.3, 0.4) is 0 Å². The first-order valence-corrected chi connectivity index (χ1v) is 5.33. The van der Waals surface area contributed by atoms with E-state index in [-0.39, 0.29) is 0 Å². The Morgan fingerprint density at radius 2 is 1.86 bits per heavy atom. The van der Waals surface area contributed by atoms with E-state index in [1.807, 2.05) is 12.4 Å². The molecule has 1 unspecified atom stereocenters. The predicted molar refractivity (Wildman–Crippen MR) is 59.1 cm³/mol. The predicted octanol–water partition coefficient (Wildman–Crippen LogP) is 3.41. The molecule has 0 bridgehead atoms. The van der Waals surface area contributed by atoms with Gasteiger partial charge in [0.25, 0.3) is 0 Å². The number of nitrogens with zero attached hydrogens (tertiary/aromatic N) is 2. The van der Waals surface area contributed by atoms with Crippen LogP contribution in [0.5, 0.6) is 0 Å². The third-order valence-electron chi connectivity index (χ3n) is 3.15. The Morgan fingerprint density at radius 3 is 2.36 bits per heavy atom. The standard InChI is InChI=1S/C12H20N2/c1-5-6-12(3,4)10(2)11-7-13-9-14-8-11/h7-10H,5-6H2,1-4H3. The van der Waals surface area contributed by atoms with Crippen LogP contribution in [0.1, 0.15) is 52.0 Å². The lowest BCUT2D eigenvalue weighted by atomic mass is 9.74. The summed E-state index contributed by atoms with van der Waals surface area (Å²) in [4.78, 5) is 8.14. The second-order valence-corrected chi connectivity index (χ2v) is 4.63. The highest BCUT2D eigenvalue weighted by Crippen LogP contribution is 2.38. The zero-order valence-electron chi connectivity index (χ0n) is 9.62. The molecule has 1 rings (SSSR count). The maximum atomic E-state index is 4.07. The average molecular weight is 192 g/mol. The van der Waals surface area contributed by atoms with Gasteiger partial charge in [-0.25, -0.2) is 9.97 Å². The van der Waals surface area contributed by atoms with Gasteiger partial charge in [0.05, 0.1) is 0 Å². The van der Waals surface area contributed by atoms with E-state index in [0.29, 0.717) is 11.3 Å².